The number of carboxylic acids is 1. The fourth-order valence-electron chi connectivity index (χ4n) is 0.0340. The molecule has 0 saturated carbocycles. The van der Waals surface area contributed by atoms with Crippen LogP contribution < -0.4 is 34.7 Å². The first kappa shape index (κ1) is 11.2. The van der Waals surface area contributed by atoms with E-state index < -0.39 is 22.3 Å². The quantitative estimate of drug-likeness (QED) is 0.272. The number of carboxylic acid groups (broad SMARTS) is 1. The topological polar surface area (TPSA) is 77.4 Å². The van der Waals surface area contributed by atoms with Gasteiger partial charge in [0.05, 0.1) is 0 Å². The van der Waals surface area contributed by atoms with Gasteiger partial charge in [-0.05, 0) is 0 Å². The van der Waals surface area contributed by atoms with Crippen LogP contribution in [-0.2, 0) is 16.1 Å². The van der Waals surface area contributed by atoms with Gasteiger partial charge >= 0.3 is 29.6 Å². The molecule has 0 spiro atoms. The van der Waals surface area contributed by atoms with Gasteiger partial charge < -0.3 is 15.0 Å². The van der Waals surface area contributed by atoms with Crippen molar-refractivity contribution in [3.8, 4) is 0 Å². The maximum absolute atomic E-state index is 9.31. The predicted molar refractivity (Wildman–Crippen MR) is 20.8 cm³/mol. The monoisotopic (exact) mass is 144 g/mol. The molecule has 0 bridgehead atoms. The number of hydrogen-bond acceptors (Lipinski definition) is 3. The smallest absolute Gasteiger partial charge is 0.542 e. The van der Waals surface area contributed by atoms with Gasteiger partial charge in [0.25, 0.3) is 0 Å². The van der Waals surface area contributed by atoms with E-state index in [2.05, 4.69) is 0 Å². The summed E-state index contributed by atoms with van der Waals surface area (Å²) in [5.74, 6) is -1.83. The number of carbonyl (C=O) groups is 1. The van der Waals surface area contributed by atoms with Gasteiger partial charge in [0, 0.05) is 0 Å². The van der Waals surface area contributed by atoms with Crippen LogP contribution in [0.5, 0.6) is 0 Å². The molecule has 0 aromatic heterocycles. The van der Waals surface area contributed by atoms with Crippen LogP contribution >= 0.6 is 0 Å². The molecule has 0 aromatic carbocycles. The Labute approximate surface area is 70.9 Å². The second-order valence-corrected chi connectivity index (χ2v) is 1.23. The molecule has 0 atom stereocenters. The molecule has 0 aliphatic heterocycles. The molecule has 6 heteroatoms. The molecule has 1 N–H and O–H groups in total. The van der Waals surface area contributed by atoms with Gasteiger partial charge in [-0.1, -0.05) is 0 Å². The zero-order valence-electron chi connectivity index (χ0n) is 4.08. The van der Waals surface area contributed by atoms with E-state index in [1.54, 1.807) is 0 Å². The maximum Gasteiger partial charge on any atom is 1.00 e. The summed E-state index contributed by atoms with van der Waals surface area (Å²) in [5, 5.41) is 15.9. The van der Waals surface area contributed by atoms with E-state index in [-0.39, 0.29) is 29.6 Å². The summed E-state index contributed by atoms with van der Waals surface area (Å²) in [4.78, 5) is 9.31. The molecule has 0 radical (unpaired) electrons. The zero-order chi connectivity index (χ0) is 5.86. The summed E-state index contributed by atoms with van der Waals surface area (Å²) < 4.78 is 9.28. The average Bonchev–Trinajstić information content (AvgIpc) is 1.65. The summed E-state index contributed by atoms with van der Waals surface area (Å²) >= 11 is -0.507. The third-order valence-corrected chi connectivity index (χ3v) is 0.578. The summed E-state index contributed by atoms with van der Waals surface area (Å²) in [6.45, 7) is 0. The summed E-state index contributed by atoms with van der Waals surface area (Å²) in [6.07, 6.45) is 0. The number of aliphatic hydroxyl groups is 1. The molecule has 0 saturated heterocycles. The summed E-state index contributed by atoms with van der Waals surface area (Å²) in [7, 11) is 0. The Hall–Kier alpha value is 0.320. The number of hydrogen-bond donors (Lipinski definition) is 1. The van der Waals surface area contributed by atoms with Crippen LogP contribution in [0.4, 0.5) is 0 Å². The van der Waals surface area contributed by atoms with Crippen molar-refractivity contribution >= 4 is 22.3 Å². The molecule has 8 heavy (non-hydrogen) atoms. The van der Waals surface area contributed by atoms with Crippen LogP contribution in [0.25, 0.3) is 0 Å². The second kappa shape index (κ2) is 5.46. The SMILES string of the molecule is O=S=C(O)C(=O)[O-].[Na+]. The van der Waals surface area contributed by atoms with E-state index in [1.807, 2.05) is 0 Å². The minimum Gasteiger partial charge on any atom is -0.542 e. The Kier molecular flexibility index (Phi) is 7.61. The Bertz CT molecular complexity index is 137. The largest absolute Gasteiger partial charge is 1.00 e. The van der Waals surface area contributed by atoms with E-state index in [0.717, 1.165) is 0 Å². The molecule has 0 fully saturated rings. The van der Waals surface area contributed by atoms with Crippen LogP contribution in [0.2, 0.25) is 0 Å². The Balaban J connectivity index is 0. The Morgan fingerprint density at radius 1 is 1.62 bits per heavy atom. The fourth-order valence-corrected chi connectivity index (χ4v) is 0.102. The number of aliphatic carboxylic acids is 1. The molecule has 0 aromatic rings. The Morgan fingerprint density at radius 3 is 2.00 bits per heavy atom. The van der Waals surface area contributed by atoms with Gasteiger partial charge in [0.1, 0.15) is 17.2 Å². The standard InChI is InChI=1S/C2H2O4S.Na/c3-1(4)2(5)7-6;/h5H,(H,3,4);/q;+1/p-1. The molecule has 0 aliphatic carbocycles. The number of carbonyl (C=O) groups excluding carboxylic acids is 1. The molecule has 40 valence electrons. The molecule has 0 aliphatic rings. The fraction of sp³-hybridized carbons (Fsp3) is 0. The molecule has 0 amide bonds. The predicted octanol–water partition coefficient (Wildman–Crippen LogP) is -5.36. The van der Waals surface area contributed by atoms with E-state index in [9.17, 15) is 14.1 Å². The van der Waals surface area contributed by atoms with Crippen molar-refractivity contribution in [1.29, 1.82) is 0 Å². The Morgan fingerprint density at radius 2 is 2.00 bits per heavy atom. The first-order valence-corrected chi connectivity index (χ1v) is 1.99. The van der Waals surface area contributed by atoms with E-state index in [0.29, 0.717) is 0 Å². The van der Waals surface area contributed by atoms with Crippen LogP contribution in [0, 0.1) is 0 Å². The van der Waals surface area contributed by atoms with E-state index in [4.69, 9.17) is 5.11 Å². The zero-order valence-corrected chi connectivity index (χ0v) is 6.90. The van der Waals surface area contributed by atoms with Crippen LogP contribution in [-0.4, -0.2) is 20.3 Å². The van der Waals surface area contributed by atoms with Crippen molar-refractivity contribution in [3.63, 3.8) is 0 Å². The van der Waals surface area contributed by atoms with Crippen molar-refractivity contribution in [2.75, 3.05) is 0 Å². The molecule has 0 rings (SSSR count). The van der Waals surface area contributed by atoms with Crippen LogP contribution in [0.1, 0.15) is 0 Å². The molecule has 0 unspecified atom stereocenters. The molecule has 0 heterocycles. The number of aliphatic hydroxyl groups excluding tert-OH is 1. The third-order valence-electron chi connectivity index (χ3n) is 0.254. The van der Waals surface area contributed by atoms with Crippen molar-refractivity contribution in [2.45, 2.75) is 0 Å². The van der Waals surface area contributed by atoms with Crippen LogP contribution in [0.15, 0.2) is 0 Å². The van der Waals surface area contributed by atoms with Crippen molar-refractivity contribution in [3.05, 3.63) is 0 Å². The minimum absolute atomic E-state index is 0. The van der Waals surface area contributed by atoms with E-state index >= 15 is 0 Å². The number of rotatable bonds is 0. The van der Waals surface area contributed by atoms with Crippen LogP contribution in [0.3, 0.4) is 0 Å². The second-order valence-electron chi connectivity index (χ2n) is 0.676. The first-order chi connectivity index (χ1) is 3.18. The molecule has 4 nitrogen and oxygen atoms in total. The average molecular weight is 144 g/mol. The summed E-state index contributed by atoms with van der Waals surface area (Å²) in [6, 6.07) is 0. The van der Waals surface area contributed by atoms with Crippen molar-refractivity contribution in [1.82, 2.24) is 0 Å². The minimum atomic E-state index is -1.83. The van der Waals surface area contributed by atoms with Crippen molar-refractivity contribution < 1.29 is 48.8 Å². The van der Waals surface area contributed by atoms with Crippen molar-refractivity contribution in [2.24, 2.45) is 0 Å². The van der Waals surface area contributed by atoms with Gasteiger partial charge in [0.2, 0.25) is 0 Å². The third kappa shape index (κ3) is 4.48. The summed E-state index contributed by atoms with van der Waals surface area (Å²) in [5.41, 5.74) is 0. The maximum atomic E-state index is 9.31. The van der Waals surface area contributed by atoms with Gasteiger partial charge in [-0.2, -0.15) is 0 Å². The van der Waals surface area contributed by atoms with Gasteiger partial charge in [-0.25, -0.2) is 4.21 Å². The molecular formula is C2HNaO4S. The van der Waals surface area contributed by atoms with Gasteiger partial charge in [-0.15, -0.1) is 0 Å². The first-order valence-electron chi connectivity index (χ1n) is 1.25. The van der Waals surface area contributed by atoms with Gasteiger partial charge in [-0.3, -0.25) is 0 Å². The normalized spacial score (nSPS) is 6.62. The molecular weight excluding hydrogens is 143 g/mol. The van der Waals surface area contributed by atoms with Gasteiger partial charge in [0.15, 0.2) is 5.05 Å². The van der Waals surface area contributed by atoms with E-state index in [1.165, 1.54) is 0 Å².